The molecule has 1 saturated heterocycles. The van der Waals surface area contributed by atoms with Crippen LogP contribution in [0.15, 0.2) is 35.7 Å². The van der Waals surface area contributed by atoms with Crippen molar-refractivity contribution in [2.24, 2.45) is 0 Å². The van der Waals surface area contributed by atoms with Crippen LogP contribution in [0, 0.1) is 0 Å². The van der Waals surface area contributed by atoms with E-state index in [9.17, 15) is 0 Å². The van der Waals surface area contributed by atoms with Crippen molar-refractivity contribution in [3.63, 3.8) is 0 Å². The molecular weight excluding hydrogens is 393 g/mol. The van der Waals surface area contributed by atoms with Gasteiger partial charge in [-0.25, -0.2) is 0 Å². The Hall–Kier alpha value is -0.850. The summed E-state index contributed by atoms with van der Waals surface area (Å²) in [5, 5.41) is 10.4. The molecular formula is C18H21Cl2N3S2. The van der Waals surface area contributed by atoms with Gasteiger partial charge in [0.05, 0.1) is 16.1 Å². The van der Waals surface area contributed by atoms with Crippen molar-refractivity contribution >= 4 is 57.6 Å². The zero-order valence-corrected chi connectivity index (χ0v) is 17.1. The molecule has 0 saturated carbocycles. The number of likely N-dealkylation sites (tertiary alicyclic amines) is 1. The highest BCUT2D eigenvalue weighted by Crippen LogP contribution is 2.31. The van der Waals surface area contributed by atoms with Gasteiger partial charge in [0.25, 0.3) is 0 Å². The minimum absolute atomic E-state index is 0.194. The Morgan fingerprint density at radius 2 is 1.96 bits per heavy atom. The van der Waals surface area contributed by atoms with Gasteiger partial charge < -0.3 is 10.6 Å². The standard InChI is InChI=1S/C18H21Cl2N3S2/c1-12(17(16-5-4-10-25-16)23-8-2-3-9-23)21-18(24)22-13-6-7-14(19)15(20)11-13/h4-7,10-12,17H,2-3,8-9H2,1H3,(H2,21,22,24). The highest BCUT2D eigenvalue weighted by atomic mass is 35.5. The van der Waals surface area contributed by atoms with E-state index < -0.39 is 0 Å². The Kier molecular flexibility index (Phi) is 6.58. The molecule has 1 fully saturated rings. The number of hydrogen-bond donors (Lipinski definition) is 2. The first kappa shape index (κ1) is 18.9. The predicted molar refractivity (Wildman–Crippen MR) is 113 cm³/mol. The molecule has 0 amide bonds. The van der Waals surface area contributed by atoms with Crippen molar-refractivity contribution in [3.05, 3.63) is 50.6 Å². The van der Waals surface area contributed by atoms with Crippen LogP contribution in [0.25, 0.3) is 0 Å². The Labute approximate surface area is 168 Å². The number of anilines is 1. The van der Waals surface area contributed by atoms with Crippen LogP contribution in [0.2, 0.25) is 10.0 Å². The molecule has 0 spiro atoms. The van der Waals surface area contributed by atoms with Gasteiger partial charge >= 0.3 is 0 Å². The summed E-state index contributed by atoms with van der Waals surface area (Å²) in [7, 11) is 0. The first-order chi connectivity index (χ1) is 12.0. The molecule has 0 radical (unpaired) electrons. The second kappa shape index (κ2) is 8.69. The van der Waals surface area contributed by atoms with Crippen LogP contribution >= 0.6 is 46.8 Å². The van der Waals surface area contributed by atoms with Gasteiger partial charge in [-0.2, -0.15) is 0 Å². The molecule has 2 atom stereocenters. The minimum atomic E-state index is 0.194. The third-order valence-electron chi connectivity index (χ3n) is 4.38. The van der Waals surface area contributed by atoms with Gasteiger partial charge in [0, 0.05) is 16.6 Å². The summed E-state index contributed by atoms with van der Waals surface area (Å²) in [6.45, 7) is 4.47. The molecule has 3 nitrogen and oxygen atoms in total. The largest absolute Gasteiger partial charge is 0.358 e. The summed E-state index contributed by atoms with van der Waals surface area (Å²) in [5.41, 5.74) is 0.827. The third-order valence-corrected chi connectivity index (χ3v) is 6.28. The fourth-order valence-corrected chi connectivity index (χ4v) is 4.81. The van der Waals surface area contributed by atoms with E-state index in [4.69, 9.17) is 35.4 Å². The van der Waals surface area contributed by atoms with E-state index in [2.05, 4.69) is 40.0 Å². The summed E-state index contributed by atoms with van der Waals surface area (Å²) in [5.74, 6) is 0. The van der Waals surface area contributed by atoms with E-state index in [0.29, 0.717) is 21.2 Å². The zero-order chi connectivity index (χ0) is 17.8. The second-order valence-corrected chi connectivity index (χ2v) is 8.42. The molecule has 2 N–H and O–H groups in total. The van der Waals surface area contributed by atoms with E-state index in [1.54, 1.807) is 23.5 Å². The summed E-state index contributed by atoms with van der Waals surface area (Å²) in [6, 6.07) is 10.3. The first-order valence-electron chi connectivity index (χ1n) is 8.34. The molecule has 134 valence electrons. The third kappa shape index (κ3) is 4.86. The normalized spacial score (nSPS) is 17.2. The van der Waals surface area contributed by atoms with Gasteiger partial charge in [0.2, 0.25) is 0 Å². The molecule has 2 aromatic rings. The van der Waals surface area contributed by atoms with Gasteiger partial charge in [-0.15, -0.1) is 11.3 Å². The van der Waals surface area contributed by atoms with Crippen LogP contribution in [0.5, 0.6) is 0 Å². The van der Waals surface area contributed by atoms with Crippen LogP contribution in [0.1, 0.15) is 30.7 Å². The topological polar surface area (TPSA) is 27.3 Å². The number of thiocarbonyl (C=S) groups is 1. The van der Waals surface area contributed by atoms with E-state index in [1.165, 1.54) is 17.7 Å². The molecule has 0 bridgehead atoms. The number of hydrogen-bond acceptors (Lipinski definition) is 3. The minimum Gasteiger partial charge on any atom is -0.358 e. The molecule has 2 unspecified atom stereocenters. The fourth-order valence-electron chi connectivity index (χ4n) is 3.25. The number of thiophene rings is 1. The lowest BCUT2D eigenvalue weighted by molar-refractivity contribution is 0.214. The molecule has 7 heteroatoms. The first-order valence-corrected chi connectivity index (χ1v) is 10.4. The van der Waals surface area contributed by atoms with Crippen molar-refractivity contribution in [3.8, 4) is 0 Å². The summed E-state index contributed by atoms with van der Waals surface area (Å²) in [6.07, 6.45) is 2.53. The molecule has 0 aliphatic carbocycles. The van der Waals surface area contributed by atoms with E-state index >= 15 is 0 Å². The molecule has 3 rings (SSSR count). The van der Waals surface area contributed by atoms with Crippen molar-refractivity contribution < 1.29 is 0 Å². The van der Waals surface area contributed by atoms with Crippen LogP contribution in [0.3, 0.4) is 0 Å². The van der Waals surface area contributed by atoms with Gasteiger partial charge in [0.15, 0.2) is 5.11 Å². The van der Waals surface area contributed by atoms with Crippen molar-refractivity contribution in [2.45, 2.75) is 31.8 Å². The van der Waals surface area contributed by atoms with Crippen molar-refractivity contribution in [1.82, 2.24) is 10.2 Å². The zero-order valence-electron chi connectivity index (χ0n) is 14.0. The Bertz CT molecular complexity index is 715. The van der Waals surface area contributed by atoms with Crippen LogP contribution in [-0.4, -0.2) is 29.1 Å². The lowest BCUT2D eigenvalue weighted by Crippen LogP contribution is -2.45. The lowest BCUT2D eigenvalue weighted by atomic mass is 10.1. The Morgan fingerprint density at radius 1 is 1.20 bits per heavy atom. The highest BCUT2D eigenvalue weighted by molar-refractivity contribution is 7.80. The number of rotatable bonds is 5. The Morgan fingerprint density at radius 3 is 2.60 bits per heavy atom. The number of halogens is 2. The number of nitrogens with zero attached hydrogens (tertiary/aromatic N) is 1. The van der Waals surface area contributed by atoms with Crippen LogP contribution in [0.4, 0.5) is 5.69 Å². The Balaban J connectivity index is 1.66. The summed E-state index contributed by atoms with van der Waals surface area (Å²) in [4.78, 5) is 3.92. The van der Waals surface area contributed by atoms with E-state index in [-0.39, 0.29) is 6.04 Å². The molecule has 1 aliphatic rings. The van der Waals surface area contributed by atoms with Gasteiger partial charge in [0.1, 0.15) is 0 Å². The maximum Gasteiger partial charge on any atom is 0.171 e. The molecule has 1 aliphatic heterocycles. The number of nitrogens with one attached hydrogen (secondary N) is 2. The lowest BCUT2D eigenvalue weighted by Gasteiger charge is -2.33. The maximum atomic E-state index is 6.07. The average Bonchev–Trinajstić information content (AvgIpc) is 3.25. The van der Waals surface area contributed by atoms with Crippen LogP contribution < -0.4 is 10.6 Å². The maximum absolute atomic E-state index is 6.07. The smallest absolute Gasteiger partial charge is 0.171 e. The van der Waals surface area contributed by atoms with E-state index in [0.717, 1.165) is 18.8 Å². The monoisotopic (exact) mass is 413 g/mol. The average molecular weight is 414 g/mol. The van der Waals surface area contributed by atoms with Crippen molar-refractivity contribution in [2.75, 3.05) is 18.4 Å². The summed E-state index contributed by atoms with van der Waals surface area (Å²) < 4.78 is 0. The molecule has 1 aromatic carbocycles. The molecule has 1 aromatic heterocycles. The van der Waals surface area contributed by atoms with Gasteiger partial charge in [-0.3, -0.25) is 4.90 Å². The van der Waals surface area contributed by atoms with E-state index in [1.807, 2.05) is 6.07 Å². The quantitative estimate of drug-likeness (QED) is 0.626. The van der Waals surface area contributed by atoms with Crippen molar-refractivity contribution in [1.29, 1.82) is 0 Å². The highest BCUT2D eigenvalue weighted by Gasteiger charge is 2.29. The predicted octanol–water partition coefficient (Wildman–Crippen LogP) is 5.57. The fraction of sp³-hybridized carbons (Fsp3) is 0.389. The van der Waals surface area contributed by atoms with Crippen LogP contribution in [-0.2, 0) is 0 Å². The van der Waals surface area contributed by atoms with Gasteiger partial charge in [-0.1, -0.05) is 29.3 Å². The van der Waals surface area contributed by atoms with Gasteiger partial charge in [-0.05, 0) is 74.7 Å². The SMILES string of the molecule is CC(NC(=S)Nc1ccc(Cl)c(Cl)c1)C(c1cccs1)N1CCCC1. The molecule has 25 heavy (non-hydrogen) atoms. The number of benzene rings is 1. The summed E-state index contributed by atoms with van der Waals surface area (Å²) >= 11 is 19.3. The molecule has 2 heterocycles. The second-order valence-electron chi connectivity index (χ2n) is 6.22.